The second-order valence-corrected chi connectivity index (χ2v) is 8.45. The summed E-state index contributed by atoms with van der Waals surface area (Å²) in [5, 5.41) is 3.72. The van der Waals surface area contributed by atoms with Gasteiger partial charge in [-0.2, -0.15) is 0 Å². The Bertz CT molecular complexity index is 565. The summed E-state index contributed by atoms with van der Waals surface area (Å²) in [6.45, 7) is 8.57. The highest BCUT2D eigenvalue weighted by Gasteiger charge is 2.21. The maximum Gasteiger partial charge on any atom is 0.410 e. The van der Waals surface area contributed by atoms with Crippen LogP contribution < -0.4 is 5.32 Å². The van der Waals surface area contributed by atoms with Gasteiger partial charge in [0.1, 0.15) is 5.60 Å². The zero-order valence-electron chi connectivity index (χ0n) is 16.5. The SMILES string of the molecule is CC1CCCC(Nc2ccccc2CN(C)C(=O)OC(C)(C)C)CC1. The molecule has 0 heterocycles. The van der Waals surface area contributed by atoms with Crippen LogP contribution in [0.2, 0.25) is 0 Å². The van der Waals surface area contributed by atoms with Crippen LogP contribution in [0, 0.1) is 5.92 Å². The lowest BCUT2D eigenvalue weighted by Gasteiger charge is -2.26. The van der Waals surface area contributed by atoms with Gasteiger partial charge in [-0.05, 0) is 57.6 Å². The molecular weight excluding hydrogens is 312 g/mol. The van der Waals surface area contributed by atoms with Crippen molar-refractivity contribution in [1.82, 2.24) is 4.90 Å². The van der Waals surface area contributed by atoms with Crippen LogP contribution in [-0.4, -0.2) is 29.7 Å². The van der Waals surface area contributed by atoms with E-state index in [1.807, 2.05) is 26.8 Å². The molecule has 0 aromatic heterocycles. The molecule has 1 aliphatic carbocycles. The van der Waals surface area contributed by atoms with Gasteiger partial charge in [0.25, 0.3) is 0 Å². The summed E-state index contributed by atoms with van der Waals surface area (Å²) in [5.74, 6) is 0.834. The van der Waals surface area contributed by atoms with Crippen molar-refractivity contribution in [3.63, 3.8) is 0 Å². The average molecular weight is 347 g/mol. The van der Waals surface area contributed by atoms with Crippen LogP contribution in [0.4, 0.5) is 10.5 Å². The number of carbonyl (C=O) groups excluding carboxylic acids is 1. The number of carbonyl (C=O) groups is 1. The molecule has 1 aliphatic rings. The normalized spacial score (nSPS) is 21.3. The highest BCUT2D eigenvalue weighted by Crippen LogP contribution is 2.27. The van der Waals surface area contributed by atoms with E-state index in [1.165, 1.54) is 32.1 Å². The standard InChI is InChI=1S/C21H34N2O2/c1-16-9-8-11-18(14-13-16)22-19-12-7-6-10-17(19)15-23(5)20(24)25-21(2,3)4/h6-7,10,12,16,18,22H,8-9,11,13-15H2,1-5H3. The number of benzene rings is 1. The third-order valence-electron chi connectivity index (χ3n) is 4.75. The molecule has 1 aromatic carbocycles. The van der Waals surface area contributed by atoms with Crippen molar-refractivity contribution in [3.8, 4) is 0 Å². The van der Waals surface area contributed by atoms with E-state index in [0.29, 0.717) is 12.6 Å². The molecule has 0 aliphatic heterocycles. The van der Waals surface area contributed by atoms with Crippen LogP contribution in [-0.2, 0) is 11.3 Å². The van der Waals surface area contributed by atoms with Crippen molar-refractivity contribution in [3.05, 3.63) is 29.8 Å². The minimum absolute atomic E-state index is 0.286. The zero-order chi connectivity index (χ0) is 18.4. The molecule has 1 fully saturated rings. The van der Waals surface area contributed by atoms with Gasteiger partial charge in [0.15, 0.2) is 0 Å². The topological polar surface area (TPSA) is 41.6 Å². The third kappa shape index (κ3) is 6.60. The highest BCUT2D eigenvalue weighted by molar-refractivity contribution is 5.68. The Labute approximate surface area is 152 Å². The van der Waals surface area contributed by atoms with Crippen LogP contribution in [0.15, 0.2) is 24.3 Å². The summed E-state index contributed by atoms with van der Waals surface area (Å²) in [7, 11) is 1.79. The van der Waals surface area contributed by atoms with Crippen molar-refractivity contribution in [2.75, 3.05) is 12.4 Å². The number of hydrogen-bond acceptors (Lipinski definition) is 3. The van der Waals surface area contributed by atoms with E-state index in [-0.39, 0.29) is 6.09 Å². The number of ether oxygens (including phenoxy) is 1. The first-order chi connectivity index (χ1) is 11.7. The van der Waals surface area contributed by atoms with Gasteiger partial charge in [-0.15, -0.1) is 0 Å². The van der Waals surface area contributed by atoms with Gasteiger partial charge in [0.05, 0.1) is 6.54 Å². The van der Waals surface area contributed by atoms with Crippen molar-refractivity contribution >= 4 is 11.8 Å². The van der Waals surface area contributed by atoms with Crippen LogP contribution in [0.5, 0.6) is 0 Å². The molecule has 0 spiro atoms. The second kappa shape index (κ2) is 8.59. The zero-order valence-corrected chi connectivity index (χ0v) is 16.5. The molecule has 2 atom stereocenters. The van der Waals surface area contributed by atoms with Crippen molar-refractivity contribution in [2.24, 2.45) is 5.92 Å². The lowest BCUT2D eigenvalue weighted by Crippen LogP contribution is -2.34. The molecule has 0 bridgehead atoms. The van der Waals surface area contributed by atoms with Gasteiger partial charge in [0, 0.05) is 18.8 Å². The molecule has 25 heavy (non-hydrogen) atoms. The number of rotatable bonds is 4. The van der Waals surface area contributed by atoms with Gasteiger partial charge < -0.3 is 15.0 Å². The largest absolute Gasteiger partial charge is 0.444 e. The molecule has 1 N–H and O–H groups in total. The first kappa shape index (κ1) is 19.6. The van der Waals surface area contributed by atoms with Gasteiger partial charge in [-0.1, -0.05) is 38.0 Å². The molecule has 4 heteroatoms. The molecule has 2 unspecified atom stereocenters. The van der Waals surface area contributed by atoms with E-state index in [1.54, 1.807) is 11.9 Å². The molecule has 1 aromatic rings. The molecular formula is C21H34N2O2. The third-order valence-corrected chi connectivity index (χ3v) is 4.75. The van der Waals surface area contributed by atoms with E-state index in [0.717, 1.165) is 17.2 Å². The van der Waals surface area contributed by atoms with Gasteiger partial charge in [-0.25, -0.2) is 4.79 Å². The van der Waals surface area contributed by atoms with Crippen molar-refractivity contribution in [1.29, 1.82) is 0 Å². The van der Waals surface area contributed by atoms with Crippen LogP contribution in [0.3, 0.4) is 0 Å². The van der Waals surface area contributed by atoms with E-state index in [2.05, 4.69) is 30.4 Å². The number of nitrogens with one attached hydrogen (secondary N) is 1. The molecule has 4 nitrogen and oxygen atoms in total. The monoisotopic (exact) mass is 346 g/mol. The Balaban J connectivity index is 2.01. The highest BCUT2D eigenvalue weighted by atomic mass is 16.6. The predicted molar refractivity (Wildman–Crippen MR) is 104 cm³/mol. The van der Waals surface area contributed by atoms with Crippen LogP contribution >= 0.6 is 0 Å². The summed E-state index contributed by atoms with van der Waals surface area (Å²) < 4.78 is 5.46. The number of nitrogens with zero attached hydrogens (tertiary/aromatic N) is 1. The number of hydrogen-bond donors (Lipinski definition) is 1. The minimum atomic E-state index is -0.472. The molecule has 140 valence electrons. The van der Waals surface area contributed by atoms with Gasteiger partial charge >= 0.3 is 6.09 Å². The molecule has 0 saturated heterocycles. The smallest absolute Gasteiger partial charge is 0.410 e. The molecule has 0 radical (unpaired) electrons. The van der Waals surface area contributed by atoms with Gasteiger partial charge in [-0.3, -0.25) is 0 Å². The fraction of sp³-hybridized carbons (Fsp3) is 0.667. The van der Waals surface area contributed by atoms with Crippen molar-refractivity contribution in [2.45, 2.75) is 78.0 Å². The first-order valence-electron chi connectivity index (χ1n) is 9.53. The lowest BCUT2D eigenvalue weighted by molar-refractivity contribution is 0.0285. The summed E-state index contributed by atoms with van der Waals surface area (Å²) in [5.41, 5.74) is 1.80. The number of para-hydroxylation sites is 1. The van der Waals surface area contributed by atoms with Crippen LogP contribution in [0.1, 0.15) is 65.4 Å². The van der Waals surface area contributed by atoms with E-state index in [4.69, 9.17) is 4.74 Å². The van der Waals surface area contributed by atoms with Gasteiger partial charge in [0.2, 0.25) is 0 Å². The second-order valence-electron chi connectivity index (χ2n) is 8.45. The summed E-state index contributed by atoms with van der Waals surface area (Å²) in [6, 6.07) is 8.81. The van der Waals surface area contributed by atoms with Crippen LogP contribution in [0.25, 0.3) is 0 Å². The Morgan fingerprint density at radius 1 is 1.20 bits per heavy atom. The Kier molecular flexibility index (Phi) is 6.74. The minimum Gasteiger partial charge on any atom is -0.444 e. The fourth-order valence-electron chi connectivity index (χ4n) is 3.31. The summed E-state index contributed by atoms with van der Waals surface area (Å²) in [6.07, 6.45) is 6.07. The summed E-state index contributed by atoms with van der Waals surface area (Å²) >= 11 is 0. The van der Waals surface area contributed by atoms with E-state index >= 15 is 0 Å². The fourth-order valence-corrected chi connectivity index (χ4v) is 3.31. The maximum atomic E-state index is 12.2. The quantitative estimate of drug-likeness (QED) is 0.739. The Morgan fingerprint density at radius 2 is 1.92 bits per heavy atom. The Hall–Kier alpha value is -1.71. The predicted octanol–water partition coefficient (Wildman–Crippen LogP) is 5.43. The molecule has 1 saturated carbocycles. The molecule has 2 rings (SSSR count). The molecule has 1 amide bonds. The number of amides is 1. The lowest BCUT2D eigenvalue weighted by atomic mass is 10.0. The maximum absolute atomic E-state index is 12.2. The first-order valence-corrected chi connectivity index (χ1v) is 9.53. The Morgan fingerprint density at radius 3 is 2.64 bits per heavy atom. The summed E-state index contributed by atoms with van der Waals surface area (Å²) in [4.78, 5) is 13.9. The average Bonchev–Trinajstić information content (AvgIpc) is 2.72. The van der Waals surface area contributed by atoms with E-state index < -0.39 is 5.60 Å². The van der Waals surface area contributed by atoms with E-state index in [9.17, 15) is 4.79 Å². The number of anilines is 1. The van der Waals surface area contributed by atoms with Crippen molar-refractivity contribution < 1.29 is 9.53 Å².